The van der Waals surface area contributed by atoms with Gasteiger partial charge in [-0.15, -0.1) is 0 Å². The zero-order valence-electron chi connectivity index (χ0n) is 15.2. The number of carbonyl (C=O) groups excluding carboxylic acids is 1. The Hall–Kier alpha value is -1.42. The highest BCUT2D eigenvalue weighted by molar-refractivity contribution is 5.66. The molecule has 0 aromatic carbocycles. The fourth-order valence-corrected chi connectivity index (χ4v) is 3.45. The SMILES string of the molecule is CC(=O)O[C@@H]1[C@H]2OC(C)(C)O[C@H]2O[C@@H]1[C@@H](COC1CCCCO1)N=[N+]=[N-]. The third-order valence-corrected chi connectivity index (χ3v) is 4.50. The summed E-state index contributed by atoms with van der Waals surface area (Å²) in [6, 6.07) is -0.712. The Labute approximate surface area is 151 Å². The summed E-state index contributed by atoms with van der Waals surface area (Å²) in [4.78, 5) is 14.4. The minimum atomic E-state index is -0.848. The standard InChI is InChI=1S/C16H25N3O7/c1-9(20)23-13-12(24-15-14(13)25-16(2,3)26-15)10(18-19-17)8-22-11-6-4-5-7-21-11/h10-15H,4-8H2,1-3H3/t10-,11?,12-,13+,14-,15-/m1/s1. The van der Waals surface area contributed by atoms with Crippen molar-refractivity contribution in [2.75, 3.05) is 13.2 Å². The lowest BCUT2D eigenvalue weighted by Crippen LogP contribution is -2.44. The molecule has 1 unspecified atom stereocenters. The van der Waals surface area contributed by atoms with Crippen LogP contribution in [0.3, 0.4) is 0 Å². The molecule has 0 aromatic heterocycles. The van der Waals surface area contributed by atoms with Gasteiger partial charge in [0.15, 0.2) is 30.6 Å². The van der Waals surface area contributed by atoms with Crippen LogP contribution in [-0.2, 0) is 33.2 Å². The van der Waals surface area contributed by atoms with Gasteiger partial charge in [0, 0.05) is 18.4 Å². The quantitative estimate of drug-likeness (QED) is 0.303. The van der Waals surface area contributed by atoms with Crippen LogP contribution in [0.5, 0.6) is 0 Å². The third-order valence-electron chi connectivity index (χ3n) is 4.50. The van der Waals surface area contributed by atoms with E-state index in [-0.39, 0.29) is 12.9 Å². The number of ether oxygens (including phenoxy) is 6. The maximum absolute atomic E-state index is 11.6. The van der Waals surface area contributed by atoms with Crippen molar-refractivity contribution in [3.05, 3.63) is 10.4 Å². The van der Waals surface area contributed by atoms with Crippen molar-refractivity contribution in [2.24, 2.45) is 5.11 Å². The van der Waals surface area contributed by atoms with Gasteiger partial charge in [-0.05, 0) is 38.6 Å². The Bertz CT molecular complexity index is 560. The average molecular weight is 371 g/mol. The third kappa shape index (κ3) is 4.46. The van der Waals surface area contributed by atoms with Crippen LogP contribution in [0.1, 0.15) is 40.0 Å². The molecule has 0 bridgehead atoms. The fourth-order valence-electron chi connectivity index (χ4n) is 3.45. The first-order valence-corrected chi connectivity index (χ1v) is 8.85. The predicted molar refractivity (Wildman–Crippen MR) is 86.7 cm³/mol. The van der Waals surface area contributed by atoms with Gasteiger partial charge in [-0.3, -0.25) is 4.79 Å². The van der Waals surface area contributed by atoms with Crippen molar-refractivity contribution >= 4 is 5.97 Å². The zero-order valence-corrected chi connectivity index (χ0v) is 15.2. The molecule has 3 saturated heterocycles. The van der Waals surface area contributed by atoms with Crippen LogP contribution < -0.4 is 0 Å². The Morgan fingerprint density at radius 1 is 1.38 bits per heavy atom. The van der Waals surface area contributed by atoms with Gasteiger partial charge in [0.05, 0.1) is 12.6 Å². The topological polar surface area (TPSA) is 121 Å². The van der Waals surface area contributed by atoms with Gasteiger partial charge in [-0.1, -0.05) is 5.11 Å². The van der Waals surface area contributed by atoms with Crippen LogP contribution in [0.15, 0.2) is 5.11 Å². The van der Waals surface area contributed by atoms with E-state index in [0.29, 0.717) is 6.61 Å². The monoisotopic (exact) mass is 371 g/mol. The smallest absolute Gasteiger partial charge is 0.303 e. The van der Waals surface area contributed by atoms with Crippen molar-refractivity contribution in [3.63, 3.8) is 0 Å². The van der Waals surface area contributed by atoms with E-state index in [1.807, 2.05) is 0 Å². The van der Waals surface area contributed by atoms with Crippen LogP contribution >= 0.6 is 0 Å². The maximum Gasteiger partial charge on any atom is 0.303 e. The molecule has 6 atom stereocenters. The van der Waals surface area contributed by atoms with Gasteiger partial charge >= 0.3 is 5.97 Å². The molecule has 3 fully saturated rings. The number of fused-ring (bicyclic) bond motifs is 1. The van der Waals surface area contributed by atoms with Gasteiger partial charge in [0.25, 0.3) is 0 Å². The van der Waals surface area contributed by atoms with E-state index < -0.39 is 42.4 Å². The Morgan fingerprint density at radius 3 is 2.85 bits per heavy atom. The highest BCUT2D eigenvalue weighted by Crippen LogP contribution is 2.40. The van der Waals surface area contributed by atoms with E-state index in [1.165, 1.54) is 6.92 Å². The van der Waals surface area contributed by atoms with Crippen molar-refractivity contribution in [1.29, 1.82) is 0 Å². The van der Waals surface area contributed by atoms with Crippen molar-refractivity contribution in [2.45, 2.75) is 82.8 Å². The summed E-state index contributed by atoms with van der Waals surface area (Å²) in [7, 11) is 0. The van der Waals surface area contributed by atoms with Gasteiger partial charge in [-0.25, -0.2) is 0 Å². The number of hydrogen-bond donors (Lipinski definition) is 0. The van der Waals surface area contributed by atoms with Crippen LogP contribution in [-0.4, -0.2) is 61.9 Å². The fraction of sp³-hybridized carbons (Fsp3) is 0.938. The average Bonchev–Trinajstić information content (AvgIpc) is 3.05. The molecular weight excluding hydrogens is 346 g/mol. The van der Waals surface area contributed by atoms with Gasteiger partial charge in [0.2, 0.25) is 0 Å². The molecule has 0 N–H and O–H groups in total. The van der Waals surface area contributed by atoms with Crippen LogP contribution in [0.4, 0.5) is 0 Å². The van der Waals surface area contributed by atoms with Crippen LogP contribution in [0, 0.1) is 0 Å². The predicted octanol–water partition coefficient (Wildman–Crippen LogP) is 2.02. The van der Waals surface area contributed by atoms with E-state index in [9.17, 15) is 4.79 Å². The molecule has 0 radical (unpaired) electrons. The molecule has 0 aliphatic carbocycles. The van der Waals surface area contributed by atoms with E-state index >= 15 is 0 Å². The second-order valence-electron chi connectivity index (χ2n) is 7.05. The number of carbonyl (C=O) groups is 1. The van der Waals surface area contributed by atoms with Crippen molar-refractivity contribution < 1.29 is 33.2 Å². The lowest BCUT2D eigenvalue weighted by molar-refractivity contribution is -0.225. The maximum atomic E-state index is 11.6. The van der Waals surface area contributed by atoms with Crippen molar-refractivity contribution in [1.82, 2.24) is 0 Å². The van der Waals surface area contributed by atoms with Gasteiger partial charge in [-0.2, -0.15) is 0 Å². The molecular formula is C16H25N3O7. The van der Waals surface area contributed by atoms with Gasteiger partial charge in [0.1, 0.15) is 6.10 Å². The minimum absolute atomic E-state index is 0.0833. The number of hydrogen-bond acceptors (Lipinski definition) is 8. The number of rotatable bonds is 6. The lowest BCUT2D eigenvalue weighted by Gasteiger charge is -2.30. The second kappa shape index (κ2) is 8.08. The summed E-state index contributed by atoms with van der Waals surface area (Å²) >= 11 is 0. The lowest BCUT2D eigenvalue weighted by atomic mass is 10.0. The summed E-state index contributed by atoms with van der Waals surface area (Å²) < 4.78 is 34.1. The molecule has 10 heteroatoms. The molecule has 0 amide bonds. The molecule has 3 aliphatic heterocycles. The first-order chi connectivity index (χ1) is 12.4. The Balaban J connectivity index is 1.70. The number of esters is 1. The van der Waals surface area contributed by atoms with Gasteiger partial charge < -0.3 is 28.4 Å². The van der Waals surface area contributed by atoms with Crippen molar-refractivity contribution in [3.8, 4) is 0 Å². The normalized spacial score (nSPS) is 36.8. The van der Waals surface area contributed by atoms with E-state index in [0.717, 1.165) is 19.3 Å². The zero-order chi connectivity index (χ0) is 18.7. The molecule has 26 heavy (non-hydrogen) atoms. The molecule has 3 aliphatic rings. The summed E-state index contributed by atoms with van der Waals surface area (Å²) in [5.74, 6) is -1.33. The molecule has 10 nitrogen and oxygen atoms in total. The summed E-state index contributed by atoms with van der Waals surface area (Å²) in [6.45, 7) is 5.54. The number of azide groups is 1. The van der Waals surface area contributed by atoms with E-state index in [2.05, 4.69) is 10.0 Å². The molecule has 0 spiro atoms. The molecule has 0 saturated carbocycles. The summed E-state index contributed by atoms with van der Waals surface area (Å²) in [5.41, 5.74) is 8.93. The highest BCUT2D eigenvalue weighted by Gasteiger charge is 2.58. The van der Waals surface area contributed by atoms with Crippen LogP contribution in [0.2, 0.25) is 0 Å². The highest BCUT2D eigenvalue weighted by atomic mass is 16.8. The van der Waals surface area contributed by atoms with Crippen LogP contribution in [0.25, 0.3) is 10.4 Å². The van der Waals surface area contributed by atoms with E-state index in [4.69, 9.17) is 34.0 Å². The second-order valence-corrected chi connectivity index (χ2v) is 7.05. The molecule has 3 heterocycles. The summed E-state index contributed by atoms with van der Waals surface area (Å²) in [5, 5.41) is 3.78. The largest absolute Gasteiger partial charge is 0.457 e. The Kier molecular flexibility index (Phi) is 6.01. The first kappa shape index (κ1) is 19.3. The van der Waals surface area contributed by atoms with E-state index in [1.54, 1.807) is 13.8 Å². The first-order valence-electron chi connectivity index (χ1n) is 8.85. The molecule has 146 valence electrons. The summed E-state index contributed by atoms with van der Waals surface area (Å²) in [6.07, 6.45) is -0.313. The Morgan fingerprint density at radius 2 is 2.19 bits per heavy atom. The number of nitrogens with zero attached hydrogens (tertiary/aromatic N) is 3. The molecule has 0 aromatic rings. The minimum Gasteiger partial charge on any atom is -0.457 e. The molecule has 3 rings (SSSR count).